The van der Waals surface area contributed by atoms with Crippen LogP contribution in [0, 0.1) is 5.92 Å². The van der Waals surface area contributed by atoms with Crippen LogP contribution >= 0.6 is 23.2 Å². The maximum atomic E-state index is 12.6. The Morgan fingerprint density at radius 3 is 2.63 bits per heavy atom. The zero-order valence-corrected chi connectivity index (χ0v) is 17.3. The van der Waals surface area contributed by atoms with E-state index < -0.39 is 17.5 Å². The second-order valence-corrected chi connectivity index (χ2v) is 8.27. The Morgan fingerprint density at radius 2 is 2.00 bits per heavy atom. The van der Waals surface area contributed by atoms with E-state index in [-0.39, 0.29) is 12.5 Å². The number of amides is 4. The summed E-state index contributed by atoms with van der Waals surface area (Å²) < 4.78 is 0. The van der Waals surface area contributed by atoms with Crippen LogP contribution in [-0.2, 0) is 16.0 Å². The molecule has 1 fully saturated rings. The molecule has 148 valence electrons. The molecule has 1 heterocycles. The number of hydrogen-bond donors (Lipinski definition) is 2. The van der Waals surface area contributed by atoms with Crippen LogP contribution in [0.2, 0.25) is 10.0 Å². The predicted octanol–water partition coefficient (Wildman–Crippen LogP) is 3.40. The minimum absolute atomic E-state index is 0.295. The minimum Gasteiger partial charge on any atom is -0.354 e. The van der Waals surface area contributed by atoms with E-state index in [4.69, 9.17) is 23.2 Å². The van der Waals surface area contributed by atoms with Crippen molar-refractivity contribution >= 4 is 41.0 Å². The first-order chi connectivity index (χ1) is 12.6. The smallest absolute Gasteiger partial charge is 0.325 e. The summed E-state index contributed by atoms with van der Waals surface area (Å²) in [5.41, 5.74) is -0.0871. The summed E-state index contributed by atoms with van der Waals surface area (Å²) in [5, 5.41) is 6.51. The molecule has 4 amide bonds. The van der Waals surface area contributed by atoms with Crippen molar-refractivity contribution in [3.8, 4) is 0 Å². The van der Waals surface area contributed by atoms with Crippen molar-refractivity contribution in [2.75, 3.05) is 13.1 Å². The summed E-state index contributed by atoms with van der Waals surface area (Å²) in [7, 11) is 0. The van der Waals surface area contributed by atoms with Crippen LogP contribution in [0.3, 0.4) is 0 Å². The van der Waals surface area contributed by atoms with E-state index in [0.29, 0.717) is 35.3 Å². The van der Waals surface area contributed by atoms with Gasteiger partial charge in [0.1, 0.15) is 12.1 Å². The van der Waals surface area contributed by atoms with Gasteiger partial charge in [-0.1, -0.05) is 43.1 Å². The lowest BCUT2D eigenvalue weighted by atomic mass is 9.92. The number of halogens is 2. The number of imide groups is 1. The van der Waals surface area contributed by atoms with Crippen molar-refractivity contribution in [2.45, 2.75) is 45.6 Å². The van der Waals surface area contributed by atoms with E-state index in [2.05, 4.69) is 24.5 Å². The summed E-state index contributed by atoms with van der Waals surface area (Å²) in [6.45, 7) is 5.87. The van der Waals surface area contributed by atoms with Crippen molar-refractivity contribution in [1.82, 2.24) is 15.5 Å². The van der Waals surface area contributed by atoms with Crippen LogP contribution in [0.25, 0.3) is 0 Å². The zero-order valence-electron chi connectivity index (χ0n) is 15.8. The van der Waals surface area contributed by atoms with Gasteiger partial charge in [-0.2, -0.15) is 0 Å². The largest absolute Gasteiger partial charge is 0.354 e. The Labute approximate surface area is 169 Å². The van der Waals surface area contributed by atoms with Crippen LogP contribution in [0.5, 0.6) is 0 Å². The van der Waals surface area contributed by atoms with Crippen LogP contribution < -0.4 is 10.6 Å². The van der Waals surface area contributed by atoms with Crippen molar-refractivity contribution in [3.05, 3.63) is 33.8 Å². The fourth-order valence-electron chi connectivity index (χ4n) is 2.90. The first-order valence-corrected chi connectivity index (χ1v) is 9.72. The van der Waals surface area contributed by atoms with Gasteiger partial charge in [-0.3, -0.25) is 14.5 Å². The molecule has 0 bridgehead atoms. The van der Waals surface area contributed by atoms with E-state index in [0.717, 1.165) is 16.9 Å². The third-order valence-electron chi connectivity index (χ3n) is 4.60. The normalized spacial score (nSPS) is 19.6. The van der Waals surface area contributed by atoms with Crippen molar-refractivity contribution in [3.63, 3.8) is 0 Å². The number of rotatable bonds is 8. The maximum absolute atomic E-state index is 12.6. The molecule has 8 heteroatoms. The van der Waals surface area contributed by atoms with Crippen molar-refractivity contribution < 1.29 is 14.4 Å². The van der Waals surface area contributed by atoms with Gasteiger partial charge in [0.25, 0.3) is 5.91 Å². The van der Waals surface area contributed by atoms with E-state index in [1.54, 1.807) is 25.1 Å². The van der Waals surface area contributed by atoms with Crippen LogP contribution in [0.1, 0.15) is 39.2 Å². The molecule has 27 heavy (non-hydrogen) atoms. The maximum Gasteiger partial charge on any atom is 0.325 e. The van der Waals surface area contributed by atoms with Gasteiger partial charge in [-0.25, -0.2) is 4.79 Å². The van der Waals surface area contributed by atoms with Gasteiger partial charge < -0.3 is 10.6 Å². The highest BCUT2D eigenvalue weighted by atomic mass is 35.5. The molecular weight excluding hydrogens is 389 g/mol. The van der Waals surface area contributed by atoms with Crippen LogP contribution in [-0.4, -0.2) is 41.4 Å². The average molecular weight is 414 g/mol. The van der Waals surface area contributed by atoms with Crippen LogP contribution in [0.15, 0.2) is 18.2 Å². The second kappa shape index (κ2) is 8.93. The molecule has 2 N–H and O–H groups in total. The fourth-order valence-corrected chi connectivity index (χ4v) is 3.40. The Hall–Kier alpha value is -1.79. The SMILES string of the molecule is CC(C)CC[C@@]1(C)NC(=O)N(CC(=O)NCCc2ccc(Cl)cc2Cl)C1=O. The quantitative estimate of drug-likeness (QED) is 0.640. The summed E-state index contributed by atoms with van der Waals surface area (Å²) in [4.78, 5) is 37.9. The molecule has 1 aromatic carbocycles. The molecule has 2 rings (SSSR count). The van der Waals surface area contributed by atoms with Gasteiger partial charge in [0, 0.05) is 16.6 Å². The zero-order chi connectivity index (χ0) is 20.2. The van der Waals surface area contributed by atoms with Crippen molar-refractivity contribution in [1.29, 1.82) is 0 Å². The Kier molecular flexibility index (Phi) is 7.12. The second-order valence-electron chi connectivity index (χ2n) is 7.42. The Morgan fingerprint density at radius 1 is 1.30 bits per heavy atom. The topological polar surface area (TPSA) is 78.5 Å². The number of carbonyl (C=O) groups is 3. The van der Waals surface area contributed by atoms with E-state index in [9.17, 15) is 14.4 Å². The summed E-state index contributed by atoms with van der Waals surface area (Å²) in [6, 6.07) is 4.65. The van der Waals surface area contributed by atoms with Gasteiger partial charge in [-0.15, -0.1) is 0 Å². The highest BCUT2D eigenvalue weighted by Gasteiger charge is 2.47. The molecule has 0 spiro atoms. The fraction of sp³-hybridized carbons (Fsp3) is 0.526. The molecule has 0 saturated carbocycles. The average Bonchev–Trinajstić information content (AvgIpc) is 2.79. The molecule has 0 aliphatic carbocycles. The summed E-state index contributed by atoms with van der Waals surface area (Å²) in [6.07, 6.45) is 1.88. The molecule has 1 atom stereocenters. The lowest BCUT2D eigenvalue weighted by molar-refractivity contribution is -0.134. The first-order valence-electron chi connectivity index (χ1n) is 8.97. The van der Waals surface area contributed by atoms with Gasteiger partial charge >= 0.3 is 6.03 Å². The number of urea groups is 1. The highest BCUT2D eigenvalue weighted by molar-refractivity contribution is 6.35. The monoisotopic (exact) mass is 413 g/mol. The Bertz CT molecular complexity index is 739. The standard InChI is InChI=1S/C19H25Cl2N3O3/c1-12(2)6-8-19(3)17(26)24(18(27)23-19)11-16(25)22-9-7-13-4-5-14(20)10-15(13)21/h4-5,10,12H,6-9,11H2,1-3H3,(H,22,25)(H,23,27)/t19-/m1/s1. The van der Waals surface area contributed by atoms with Crippen LogP contribution in [0.4, 0.5) is 4.79 Å². The molecule has 1 aliphatic rings. The predicted molar refractivity (Wildman–Crippen MR) is 106 cm³/mol. The number of nitrogens with one attached hydrogen (secondary N) is 2. The lowest BCUT2D eigenvalue weighted by Crippen LogP contribution is -2.45. The lowest BCUT2D eigenvalue weighted by Gasteiger charge is -2.22. The summed E-state index contributed by atoms with van der Waals surface area (Å²) in [5.74, 6) is -0.329. The number of nitrogens with zero attached hydrogens (tertiary/aromatic N) is 1. The third-order valence-corrected chi connectivity index (χ3v) is 5.19. The molecule has 1 aromatic rings. The van der Waals surface area contributed by atoms with E-state index >= 15 is 0 Å². The minimum atomic E-state index is -0.946. The number of carbonyl (C=O) groups excluding carboxylic acids is 3. The summed E-state index contributed by atoms with van der Waals surface area (Å²) >= 11 is 12.0. The van der Waals surface area contributed by atoms with E-state index in [1.165, 1.54) is 0 Å². The molecule has 1 aliphatic heterocycles. The molecule has 1 saturated heterocycles. The number of benzene rings is 1. The van der Waals surface area contributed by atoms with Gasteiger partial charge in [0.05, 0.1) is 0 Å². The molecule has 0 radical (unpaired) electrons. The van der Waals surface area contributed by atoms with Crippen molar-refractivity contribution in [2.24, 2.45) is 5.92 Å². The first kappa shape index (κ1) is 21.5. The molecule has 6 nitrogen and oxygen atoms in total. The molecule has 0 unspecified atom stereocenters. The van der Waals surface area contributed by atoms with E-state index in [1.807, 2.05) is 0 Å². The number of hydrogen-bond acceptors (Lipinski definition) is 3. The third kappa shape index (κ3) is 5.59. The Balaban J connectivity index is 1.86. The molecule has 0 aromatic heterocycles. The molecular formula is C19H25Cl2N3O3. The van der Waals surface area contributed by atoms with Gasteiger partial charge in [-0.05, 0) is 49.8 Å². The van der Waals surface area contributed by atoms with Gasteiger partial charge in [0.2, 0.25) is 5.91 Å². The highest BCUT2D eigenvalue weighted by Crippen LogP contribution is 2.24. The van der Waals surface area contributed by atoms with Gasteiger partial charge in [0.15, 0.2) is 0 Å².